The van der Waals surface area contributed by atoms with E-state index in [1.54, 1.807) is 0 Å². The smallest absolute Gasteiger partial charge is 0.0991 e. The maximum atomic E-state index is 8.97. The lowest BCUT2D eigenvalue weighted by Crippen LogP contribution is -2.48. The number of anilines is 2. The second kappa shape index (κ2) is 8.90. The molecule has 1 fully saturated rings. The Kier molecular flexibility index (Phi) is 6.33. The van der Waals surface area contributed by atoms with E-state index >= 15 is 0 Å². The SMILES string of the molecule is CN(C)CCC(c1ccc(N)cc1)N1CCN(c2ccc(C#N)cc2)CC1. The van der Waals surface area contributed by atoms with Crippen molar-refractivity contribution in [2.24, 2.45) is 0 Å². The molecular weight excluding hydrogens is 334 g/mol. The Bertz CT molecular complexity index is 753. The van der Waals surface area contributed by atoms with Gasteiger partial charge in [-0.3, -0.25) is 4.90 Å². The van der Waals surface area contributed by atoms with Gasteiger partial charge in [0.15, 0.2) is 0 Å². The Hall–Kier alpha value is -2.55. The third kappa shape index (κ3) is 5.00. The van der Waals surface area contributed by atoms with Crippen molar-refractivity contribution >= 4 is 11.4 Å². The standard InChI is InChI=1S/C22H29N5/c1-25(2)12-11-22(19-5-7-20(24)8-6-19)27-15-13-26(14-16-27)21-9-3-18(17-23)4-10-21/h3-10,22H,11-16,24H2,1-2H3. The van der Waals surface area contributed by atoms with Gasteiger partial charge in [-0.1, -0.05) is 12.1 Å². The van der Waals surface area contributed by atoms with Gasteiger partial charge in [0.2, 0.25) is 0 Å². The van der Waals surface area contributed by atoms with Gasteiger partial charge in [0.05, 0.1) is 11.6 Å². The van der Waals surface area contributed by atoms with Crippen LogP contribution in [0.25, 0.3) is 0 Å². The number of nitrogen functional groups attached to an aromatic ring is 1. The first-order valence-electron chi connectivity index (χ1n) is 9.56. The van der Waals surface area contributed by atoms with Crippen molar-refractivity contribution in [1.82, 2.24) is 9.80 Å². The Morgan fingerprint density at radius 1 is 1.00 bits per heavy atom. The molecule has 0 bridgehead atoms. The van der Waals surface area contributed by atoms with Gasteiger partial charge in [-0.05, 0) is 69.0 Å². The zero-order valence-electron chi connectivity index (χ0n) is 16.3. The summed E-state index contributed by atoms with van der Waals surface area (Å²) in [5, 5.41) is 8.97. The van der Waals surface area contributed by atoms with Gasteiger partial charge in [0.25, 0.3) is 0 Å². The number of hydrogen-bond acceptors (Lipinski definition) is 5. The molecule has 5 heteroatoms. The van der Waals surface area contributed by atoms with Crippen LogP contribution < -0.4 is 10.6 Å². The highest BCUT2D eigenvalue weighted by molar-refractivity contribution is 5.50. The van der Waals surface area contributed by atoms with Gasteiger partial charge >= 0.3 is 0 Å². The van der Waals surface area contributed by atoms with Crippen molar-refractivity contribution in [3.63, 3.8) is 0 Å². The minimum absolute atomic E-state index is 0.413. The fourth-order valence-electron chi connectivity index (χ4n) is 3.70. The van der Waals surface area contributed by atoms with E-state index in [4.69, 9.17) is 11.0 Å². The molecule has 0 spiro atoms. The molecule has 2 N–H and O–H groups in total. The highest BCUT2D eigenvalue weighted by Crippen LogP contribution is 2.28. The van der Waals surface area contributed by atoms with E-state index < -0.39 is 0 Å². The first kappa shape index (κ1) is 19.2. The minimum atomic E-state index is 0.413. The molecule has 0 aromatic heterocycles. The van der Waals surface area contributed by atoms with Crippen molar-refractivity contribution in [3.8, 4) is 6.07 Å². The van der Waals surface area contributed by atoms with Crippen LogP contribution in [-0.2, 0) is 0 Å². The molecule has 2 aromatic carbocycles. The highest BCUT2D eigenvalue weighted by atomic mass is 15.3. The van der Waals surface area contributed by atoms with Crippen LogP contribution in [0.2, 0.25) is 0 Å². The molecule has 3 rings (SSSR count). The predicted molar refractivity (Wildman–Crippen MR) is 112 cm³/mol. The van der Waals surface area contributed by atoms with E-state index in [1.165, 1.54) is 11.3 Å². The van der Waals surface area contributed by atoms with Crippen LogP contribution in [0.3, 0.4) is 0 Å². The zero-order valence-corrected chi connectivity index (χ0v) is 16.3. The quantitative estimate of drug-likeness (QED) is 0.800. The summed E-state index contributed by atoms with van der Waals surface area (Å²) in [6.07, 6.45) is 1.10. The molecule has 1 atom stereocenters. The number of piperazine rings is 1. The van der Waals surface area contributed by atoms with Crippen molar-refractivity contribution in [3.05, 3.63) is 59.7 Å². The molecule has 5 nitrogen and oxygen atoms in total. The summed E-state index contributed by atoms with van der Waals surface area (Å²) in [5.41, 5.74) is 9.96. The normalized spacial score (nSPS) is 16.3. The molecule has 1 heterocycles. The van der Waals surface area contributed by atoms with Gasteiger partial charge < -0.3 is 15.5 Å². The van der Waals surface area contributed by atoms with Crippen LogP contribution in [0.15, 0.2) is 48.5 Å². The third-order valence-electron chi connectivity index (χ3n) is 5.29. The van der Waals surface area contributed by atoms with Crippen LogP contribution in [0.1, 0.15) is 23.6 Å². The number of nitrogens with zero attached hydrogens (tertiary/aromatic N) is 4. The van der Waals surface area contributed by atoms with Gasteiger partial charge in [-0.2, -0.15) is 5.26 Å². The van der Waals surface area contributed by atoms with E-state index in [1.807, 2.05) is 24.3 Å². The molecule has 0 amide bonds. The first-order valence-corrected chi connectivity index (χ1v) is 9.56. The second-order valence-corrected chi connectivity index (χ2v) is 7.46. The van der Waals surface area contributed by atoms with Crippen LogP contribution in [0.5, 0.6) is 0 Å². The molecule has 0 saturated carbocycles. The molecule has 0 radical (unpaired) electrons. The maximum Gasteiger partial charge on any atom is 0.0991 e. The zero-order chi connectivity index (χ0) is 19.2. The van der Waals surface area contributed by atoms with Crippen LogP contribution >= 0.6 is 0 Å². The Balaban J connectivity index is 1.67. The van der Waals surface area contributed by atoms with Crippen LogP contribution in [-0.4, -0.2) is 56.6 Å². The monoisotopic (exact) mass is 363 g/mol. The maximum absolute atomic E-state index is 8.97. The summed E-state index contributed by atoms with van der Waals surface area (Å²) >= 11 is 0. The number of hydrogen-bond donors (Lipinski definition) is 1. The van der Waals surface area contributed by atoms with E-state index in [2.05, 4.69) is 59.1 Å². The third-order valence-corrected chi connectivity index (χ3v) is 5.29. The lowest BCUT2D eigenvalue weighted by Gasteiger charge is -2.41. The lowest BCUT2D eigenvalue weighted by molar-refractivity contribution is 0.166. The van der Waals surface area contributed by atoms with Crippen LogP contribution in [0, 0.1) is 11.3 Å². The molecule has 1 aliphatic heterocycles. The van der Waals surface area contributed by atoms with Crippen molar-refractivity contribution in [2.45, 2.75) is 12.5 Å². The van der Waals surface area contributed by atoms with Crippen LogP contribution in [0.4, 0.5) is 11.4 Å². The van der Waals surface area contributed by atoms with E-state index in [0.717, 1.165) is 44.8 Å². The highest BCUT2D eigenvalue weighted by Gasteiger charge is 2.25. The number of benzene rings is 2. The summed E-state index contributed by atoms with van der Waals surface area (Å²) in [5.74, 6) is 0. The van der Waals surface area contributed by atoms with Gasteiger partial charge in [0.1, 0.15) is 0 Å². The number of rotatable bonds is 6. The Morgan fingerprint density at radius 2 is 1.63 bits per heavy atom. The topological polar surface area (TPSA) is 59.5 Å². The van der Waals surface area contributed by atoms with Crippen molar-refractivity contribution in [2.75, 3.05) is 57.5 Å². The summed E-state index contributed by atoms with van der Waals surface area (Å²) in [6.45, 7) is 5.12. The summed E-state index contributed by atoms with van der Waals surface area (Å²) < 4.78 is 0. The van der Waals surface area contributed by atoms with Gasteiger partial charge in [-0.15, -0.1) is 0 Å². The second-order valence-electron chi connectivity index (χ2n) is 7.46. The van der Waals surface area contributed by atoms with E-state index in [9.17, 15) is 0 Å². The summed E-state index contributed by atoms with van der Waals surface area (Å²) in [4.78, 5) is 7.25. The Morgan fingerprint density at radius 3 is 2.19 bits per heavy atom. The average Bonchev–Trinajstić information content (AvgIpc) is 2.70. The van der Waals surface area contributed by atoms with Gasteiger partial charge in [0, 0.05) is 43.6 Å². The molecule has 1 saturated heterocycles. The molecule has 1 aliphatic rings. The molecule has 2 aromatic rings. The fourth-order valence-corrected chi connectivity index (χ4v) is 3.70. The molecule has 0 aliphatic carbocycles. The number of nitrogens with two attached hydrogens (primary N) is 1. The average molecular weight is 364 g/mol. The largest absolute Gasteiger partial charge is 0.399 e. The Labute approximate surface area is 162 Å². The molecule has 142 valence electrons. The van der Waals surface area contributed by atoms with Crippen molar-refractivity contribution < 1.29 is 0 Å². The molecular formula is C22H29N5. The summed E-state index contributed by atoms with van der Waals surface area (Å²) in [6, 6.07) is 18.9. The lowest BCUT2D eigenvalue weighted by atomic mass is 10.00. The van der Waals surface area contributed by atoms with Gasteiger partial charge in [-0.25, -0.2) is 0 Å². The van der Waals surface area contributed by atoms with E-state index in [0.29, 0.717) is 11.6 Å². The first-order chi connectivity index (χ1) is 13.1. The molecule has 27 heavy (non-hydrogen) atoms. The fraction of sp³-hybridized carbons (Fsp3) is 0.409. The minimum Gasteiger partial charge on any atom is -0.399 e. The summed E-state index contributed by atoms with van der Waals surface area (Å²) in [7, 11) is 4.26. The number of nitriles is 1. The van der Waals surface area contributed by atoms with Crippen molar-refractivity contribution in [1.29, 1.82) is 5.26 Å². The van der Waals surface area contributed by atoms with E-state index in [-0.39, 0.29) is 0 Å². The molecule has 1 unspecified atom stereocenters. The predicted octanol–water partition coefficient (Wildman–Crippen LogP) is 2.96.